The van der Waals surface area contributed by atoms with E-state index >= 15 is 0 Å². The first-order chi connectivity index (χ1) is 9.06. The summed E-state index contributed by atoms with van der Waals surface area (Å²) in [6, 6.07) is 12.7. The van der Waals surface area contributed by atoms with Crippen molar-refractivity contribution in [3.8, 4) is 0 Å². The Bertz CT molecular complexity index is 611. The van der Waals surface area contributed by atoms with Gasteiger partial charge >= 0.3 is 0 Å². The molecule has 0 aliphatic heterocycles. The number of nitrogens with one attached hydrogen (secondary N) is 1. The van der Waals surface area contributed by atoms with Crippen molar-refractivity contribution in [1.82, 2.24) is 5.32 Å². The van der Waals surface area contributed by atoms with E-state index in [2.05, 4.69) is 5.32 Å². The molecule has 0 bridgehead atoms. The van der Waals surface area contributed by atoms with Gasteiger partial charge in [-0.1, -0.05) is 29.8 Å². The van der Waals surface area contributed by atoms with Crippen LogP contribution in [0.2, 0.25) is 5.02 Å². The molecule has 3 nitrogen and oxygen atoms in total. The monoisotopic (exact) mass is 274 g/mol. The van der Waals surface area contributed by atoms with Crippen molar-refractivity contribution in [1.29, 1.82) is 0 Å². The number of rotatable bonds is 3. The molecule has 4 heteroatoms. The number of nitrogens with two attached hydrogens (primary N) is 1. The zero-order chi connectivity index (χ0) is 13.8. The molecular formula is C15H15ClN2O. The number of aryl methyl sites for hydroxylation is 1. The minimum atomic E-state index is -0.137. The van der Waals surface area contributed by atoms with Crippen LogP contribution in [0.4, 0.5) is 5.69 Å². The molecule has 0 aliphatic carbocycles. The van der Waals surface area contributed by atoms with E-state index in [4.69, 9.17) is 17.3 Å². The van der Waals surface area contributed by atoms with Crippen LogP contribution in [0.15, 0.2) is 42.5 Å². The minimum absolute atomic E-state index is 0.137. The van der Waals surface area contributed by atoms with Crippen molar-refractivity contribution in [2.24, 2.45) is 0 Å². The summed E-state index contributed by atoms with van der Waals surface area (Å²) in [6.07, 6.45) is 0. The Morgan fingerprint density at radius 1 is 1.26 bits per heavy atom. The van der Waals surface area contributed by atoms with Crippen molar-refractivity contribution in [3.05, 3.63) is 64.2 Å². The molecule has 0 saturated carbocycles. The van der Waals surface area contributed by atoms with Gasteiger partial charge in [-0.2, -0.15) is 0 Å². The second-order valence-electron chi connectivity index (χ2n) is 4.39. The van der Waals surface area contributed by atoms with Gasteiger partial charge in [-0.05, 0) is 42.3 Å². The van der Waals surface area contributed by atoms with Crippen LogP contribution in [0.1, 0.15) is 21.5 Å². The highest BCUT2D eigenvalue weighted by Gasteiger charge is 2.09. The molecule has 0 atom stereocenters. The summed E-state index contributed by atoms with van der Waals surface area (Å²) in [4.78, 5) is 12.1. The van der Waals surface area contributed by atoms with Gasteiger partial charge in [-0.3, -0.25) is 4.79 Å². The van der Waals surface area contributed by atoms with Gasteiger partial charge in [0.2, 0.25) is 0 Å². The highest BCUT2D eigenvalue weighted by molar-refractivity contribution is 6.31. The van der Waals surface area contributed by atoms with Gasteiger partial charge in [0.15, 0.2) is 0 Å². The molecule has 98 valence electrons. The molecule has 0 aromatic heterocycles. The topological polar surface area (TPSA) is 55.1 Å². The minimum Gasteiger partial charge on any atom is -0.399 e. The first-order valence-electron chi connectivity index (χ1n) is 5.95. The number of benzene rings is 2. The molecule has 2 aromatic carbocycles. The van der Waals surface area contributed by atoms with Crippen LogP contribution in [0, 0.1) is 6.92 Å². The van der Waals surface area contributed by atoms with Crippen molar-refractivity contribution >= 4 is 23.2 Å². The first-order valence-corrected chi connectivity index (χ1v) is 6.33. The number of hydrogen-bond acceptors (Lipinski definition) is 2. The SMILES string of the molecule is Cc1ccc(Cl)cc1C(=O)NCc1cccc(N)c1. The summed E-state index contributed by atoms with van der Waals surface area (Å²) in [5, 5.41) is 3.41. The van der Waals surface area contributed by atoms with Crippen LogP contribution in [-0.2, 0) is 6.54 Å². The van der Waals surface area contributed by atoms with E-state index in [1.165, 1.54) is 0 Å². The van der Waals surface area contributed by atoms with Crippen LogP contribution in [0.25, 0.3) is 0 Å². The quantitative estimate of drug-likeness (QED) is 0.845. The molecule has 1 amide bonds. The molecular weight excluding hydrogens is 260 g/mol. The predicted octanol–water partition coefficient (Wildman–Crippen LogP) is 3.16. The van der Waals surface area contributed by atoms with Crippen molar-refractivity contribution in [3.63, 3.8) is 0 Å². The van der Waals surface area contributed by atoms with Crippen molar-refractivity contribution < 1.29 is 4.79 Å². The maximum Gasteiger partial charge on any atom is 0.251 e. The van der Waals surface area contributed by atoms with E-state index in [1.54, 1.807) is 12.1 Å². The molecule has 2 aromatic rings. The number of hydrogen-bond donors (Lipinski definition) is 2. The molecule has 0 unspecified atom stereocenters. The average Bonchev–Trinajstić information content (AvgIpc) is 2.39. The van der Waals surface area contributed by atoms with Crippen LogP contribution >= 0.6 is 11.6 Å². The third-order valence-electron chi connectivity index (χ3n) is 2.85. The van der Waals surface area contributed by atoms with Crippen LogP contribution < -0.4 is 11.1 Å². The maximum absolute atomic E-state index is 12.1. The number of anilines is 1. The number of halogens is 1. The fourth-order valence-corrected chi connectivity index (χ4v) is 1.99. The Hall–Kier alpha value is -2.00. The molecule has 0 radical (unpaired) electrons. The smallest absolute Gasteiger partial charge is 0.251 e. The second kappa shape index (κ2) is 5.76. The Morgan fingerprint density at radius 3 is 2.79 bits per heavy atom. The molecule has 0 aliphatic rings. The zero-order valence-corrected chi connectivity index (χ0v) is 11.4. The molecule has 0 fully saturated rings. The summed E-state index contributed by atoms with van der Waals surface area (Å²) in [5.41, 5.74) is 8.83. The van der Waals surface area contributed by atoms with E-state index in [0.717, 1.165) is 11.1 Å². The van der Waals surface area contributed by atoms with Crippen LogP contribution in [-0.4, -0.2) is 5.91 Å². The standard InChI is InChI=1S/C15H15ClN2O/c1-10-5-6-12(16)8-14(10)15(19)18-9-11-3-2-4-13(17)7-11/h2-8H,9,17H2,1H3,(H,18,19). The highest BCUT2D eigenvalue weighted by atomic mass is 35.5. The summed E-state index contributed by atoms with van der Waals surface area (Å²) in [5.74, 6) is -0.137. The van der Waals surface area contributed by atoms with E-state index in [1.807, 2.05) is 37.3 Å². The van der Waals surface area contributed by atoms with Gasteiger partial charge in [0.25, 0.3) is 5.91 Å². The highest BCUT2D eigenvalue weighted by Crippen LogP contribution is 2.15. The summed E-state index contributed by atoms with van der Waals surface area (Å²) >= 11 is 5.90. The second-order valence-corrected chi connectivity index (χ2v) is 4.82. The van der Waals surface area contributed by atoms with E-state index < -0.39 is 0 Å². The predicted molar refractivity (Wildman–Crippen MR) is 78.2 cm³/mol. The number of nitrogen functional groups attached to an aromatic ring is 1. The van der Waals surface area contributed by atoms with Gasteiger partial charge in [0.05, 0.1) is 0 Å². The summed E-state index contributed by atoms with van der Waals surface area (Å²) in [7, 11) is 0. The molecule has 0 spiro atoms. The van der Waals surface area contributed by atoms with Crippen LogP contribution in [0.3, 0.4) is 0 Å². The number of amides is 1. The Kier molecular flexibility index (Phi) is 4.07. The van der Waals surface area contributed by atoms with Gasteiger partial charge in [-0.25, -0.2) is 0 Å². The molecule has 0 saturated heterocycles. The number of carbonyl (C=O) groups is 1. The summed E-state index contributed by atoms with van der Waals surface area (Å²) < 4.78 is 0. The first kappa shape index (κ1) is 13.4. The van der Waals surface area contributed by atoms with Crippen molar-refractivity contribution in [2.45, 2.75) is 13.5 Å². The molecule has 0 heterocycles. The largest absolute Gasteiger partial charge is 0.399 e. The zero-order valence-electron chi connectivity index (χ0n) is 10.6. The lowest BCUT2D eigenvalue weighted by molar-refractivity contribution is 0.0950. The van der Waals surface area contributed by atoms with Crippen LogP contribution in [0.5, 0.6) is 0 Å². The van der Waals surface area contributed by atoms with E-state index in [0.29, 0.717) is 22.8 Å². The van der Waals surface area contributed by atoms with E-state index in [-0.39, 0.29) is 5.91 Å². The Morgan fingerprint density at radius 2 is 2.05 bits per heavy atom. The normalized spacial score (nSPS) is 10.2. The molecule has 19 heavy (non-hydrogen) atoms. The van der Waals surface area contributed by atoms with Gasteiger partial charge < -0.3 is 11.1 Å². The Labute approximate surface area is 117 Å². The number of carbonyl (C=O) groups excluding carboxylic acids is 1. The lowest BCUT2D eigenvalue weighted by Gasteiger charge is -2.08. The average molecular weight is 275 g/mol. The fraction of sp³-hybridized carbons (Fsp3) is 0.133. The lowest BCUT2D eigenvalue weighted by atomic mass is 10.1. The fourth-order valence-electron chi connectivity index (χ4n) is 1.82. The molecule has 3 N–H and O–H groups in total. The Balaban J connectivity index is 2.07. The molecule has 2 rings (SSSR count). The maximum atomic E-state index is 12.1. The lowest BCUT2D eigenvalue weighted by Crippen LogP contribution is -2.23. The third kappa shape index (κ3) is 3.48. The van der Waals surface area contributed by atoms with E-state index in [9.17, 15) is 4.79 Å². The third-order valence-corrected chi connectivity index (χ3v) is 3.08. The summed E-state index contributed by atoms with van der Waals surface area (Å²) in [6.45, 7) is 2.32. The van der Waals surface area contributed by atoms with Gasteiger partial charge in [0, 0.05) is 22.8 Å². The van der Waals surface area contributed by atoms with Crippen molar-refractivity contribution in [2.75, 3.05) is 5.73 Å². The van der Waals surface area contributed by atoms with Gasteiger partial charge in [-0.15, -0.1) is 0 Å². The van der Waals surface area contributed by atoms with Gasteiger partial charge in [0.1, 0.15) is 0 Å².